The second-order valence-corrected chi connectivity index (χ2v) is 5.34. The monoisotopic (exact) mass is 265 g/mol. The molecule has 0 bridgehead atoms. The molecule has 0 unspecified atom stereocenters. The number of ether oxygens (including phenoxy) is 2. The van der Waals surface area contributed by atoms with E-state index < -0.39 is 0 Å². The molecule has 1 rings (SSSR count). The van der Waals surface area contributed by atoms with Gasteiger partial charge in [-0.15, -0.1) is 0 Å². The first-order valence-electron chi connectivity index (χ1n) is 6.84. The van der Waals surface area contributed by atoms with Gasteiger partial charge < -0.3 is 14.4 Å². The fourth-order valence-corrected chi connectivity index (χ4v) is 2.88. The lowest BCUT2D eigenvalue weighted by Crippen LogP contribution is -2.40. The summed E-state index contributed by atoms with van der Waals surface area (Å²) in [5.41, 5.74) is 0.921. The minimum Gasteiger partial charge on any atom is -0.497 e. The predicted molar refractivity (Wildman–Crippen MR) is 79.7 cm³/mol. The van der Waals surface area contributed by atoms with Gasteiger partial charge in [0.15, 0.2) is 0 Å². The smallest absolute Gasteiger partial charge is 0.119 e. The van der Waals surface area contributed by atoms with Crippen molar-refractivity contribution in [3.05, 3.63) is 29.8 Å². The molecule has 0 aliphatic carbocycles. The zero-order valence-electron chi connectivity index (χ0n) is 13.1. The first-order valence-corrected chi connectivity index (χ1v) is 6.84. The van der Waals surface area contributed by atoms with Crippen LogP contribution in [0.5, 0.6) is 5.75 Å². The molecular weight excluding hydrogens is 238 g/mol. The summed E-state index contributed by atoms with van der Waals surface area (Å²) in [6.07, 6.45) is 0.936. The zero-order valence-corrected chi connectivity index (χ0v) is 13.1. The zero-order chi connectivity index (χ0) is 14.5. The van der Waals surface area contributed by atoms with E-state index in [9.17, 15) is 0 Å². The minimum absolute atomic E-state index is 0.265. The molecule has 1 aromatic carbocycles. The lowest BCUT2D eigenvalue weighted by atomic mass is 9.79. The van der Waals surface area contributed by atoms with Crippen molar-refractivity contribution < 1.29 is 9.47 Å². The molecule has 0 saturated heterocycles. The van der Waals surface area contributed by atoms with Gasteiger partial charge in [-0.05, 0) is 38.2 Å². The number of benzene rings is 1. The van der Waals surface area contributed by atoms with Crippen LogP contribution < -0.4 is 4.74 Å². The van der Waals surface area contributed by atoms with Gasteiger partial charge in [0.25, 0.3) is 0 Å². The molecule has 1 aromatic rings. The van der Waals surface area contributed by atoms with E-state index in [2.05, 4.69) is 45.0 Å². The van der Waals surface area contributed by atoms with E-state index in [0.717, 1.165) is 18.7 Å². The van der Waals surface area contributed by atoms with Crippen LogP contribution in [0.4, 0.5) is 0 Å². The lowest BCUT2D eigenvalue weighted by molar-refractivity contribution is -0.0683. The third kappa shape index (κ3) is 3.48. The minimum atomic E-state index is -0.265. The number of nitrogens with zero attached hydrogens (tertiary/aromatic N) is 1. The van der Waals surface area contributed by atoms with Crippen LogP contribution >= 0.6 is 0 Å². The highest BCUT2D eigenvalue weighted by Crippen LogP contribution is 2.38. The Kier molecular flexibility index (Phi) is 5.83. The number of hydrogen-bond donors (Lipinski definition) is 0. The second kappa shape index (κ2) is 6.92. The van der Waals surface area contributed by atoms with Gasteiger partial charge in [-0.25, -0.2) is 0 Å². The number of methoxy groups -OCH3 is 2. The van der Waals surface area contributed by atoms with E-state index in [4.69, 9.17) is 9.47 Å². The molecule has 0 radical (unpaired) electrons. The van der Waals surface area contributed by atoms with Crippen LogP contribution in [-0.2, 0) is 10.3 Å². The van der Waals surface area contributed by atoms with Crippen LogP contribution in [0.25, 0.3) is 0 Å². The summed E-state index contributed by atoms with van der Waals surface area (Å²) in [6, 6.07) is 8.21. The van der Waals surface area contributed by atoms with Gasteiger partial charge in [0, 0.05) is 19.6 Å². The van der Waals surface area contributed by atoms with Gasteiger partial charge in [0.05, 0.1) is 12.7 Å². The Bertz CT molecular complexity index is 386. The molecular formula is C16H27NO2. The van der Waals surface area contributed by atoms with Crippen molar-refractivity contribution in [2.45, 2.75) is 25.9 Å². The van der Waals surface area contributed by atoms with Crippen LogP contribution in [0.2, 0.25) is 0 Å². The van der Waals surface area contributed by atoms with Crippen molar-refractivity contribution in [1.82, 2.24) is 4.90 Å². The van der Waals surface area contributed by atoms with Crippen LogP contribution in [0.1, 0.15) is 25.8 Å². The van der Waals surface area contributed by atoms with Crippen LogP contribution in [-0.4, -0.2) is 39.8 Å². The first-order chi connectivity index (χ1) is 9.00. The van der Waals surface area contributed by atoms with E-state index in [1.165, 1.54) is 5.56 Å². The average molecular weight is 265 g/mol. The average Bonchev–Trinajstić information content (AvgIpc) is 2.40. The standard InChI is InChI=1S/C16H27NO2/c1-7-16(19-6,13(2)12-17(3)4)14-9-8-10-15(11-14)18-5/h8-11,13H,7,12H2,1-6H3/t13-,16+/m0/s1. The molecule has 2 atom stereocenters. The molecule has 19 heavy (non-hydrogen) atoms. The van der Waals surface area contributed by atoms with E-state index in [0.29, 0.717) is 5.92 Å². The Morgan fingerprint density at radius 2 is 1.95 bits per heavy atom. The Labute approximate surface area is 117 Å². The topological polar surface area (TPSA) is 21.7 Å². The van der Waals surface area contributed by atoms with Crippen molar-refractivity contribution in [3.63, 3.8) is 0 Å². The van der Waals surface area contributed by atoms with Gasteiger partial charge in [0.1, 0.15) is 5.75 Å². The fraction of sp³-hybridized carbons (Fsp3) is 0.625. The van der Waals surface area contributed by atoms with Crippen LogP contribution in [0.3, 0.4) is 0 Å². The first kappa shape index (κ1) is 16.0. The van der Waals surface area contributed by atoms with Crippen molar-refractivity contribution >= 4 is 0 Å². The summed E-state index contributed by atoms with van der Waals surface area (Å²) in [7, 11) is 7.69. The maximum atomic E-state index is 5.95. The molecule has 0 spiro atoms. The van der Waals surface area contributed by atoms with Gasteiger partial charge in [-0.1, -0.05) is 26.0 Å². The summed E-state index contributed by atoms with van der Waals surface area (Å²) in [6.45, 7) is 5.40. The summed E-state index contributed by atoms with van der Waals surface area (Å²) in [4.78, 5) is 2.20. The largest absolute Gasteiger partial charge is 0.497 e. The third-order valence-corrected chi connectivity index (χ3v) is 3.88. The normalized spacial score (nSPS) is 16.2. The highest BCUT2D eigenvalue weighted by molar-refractivity contribution is 5.33. The van der Waals surface area contributed by atoms with Crippen molar-refractivity contribution in [1.29, 1.82) is 0 Å². The Morgan fingerprint density at radius 1 is 1.26 bits per heavy atom. The highest BCUT2D eigenvalue weighted by Gasteiger charge is 2.36. The van der Waals surface area contributed by atoms with E-state index >= 15 is 0 Å². The highest BCUT2D eigenvalue weighted by atomic mass is 16.5. The molecule has 0 amide bonds. The molecule has 0 aliphatic heterocycles. The lowest BCUT2D eigenvalue weighted by Gasteiger charge is -2.39. The summed E-state index contributed by atoms with van der Waals surface area (Å²) < 4.78 is 11.3. The molecule has 3 nitrogen and oxygen atoms in total. The van der Waals surface area contributed by atoms with Crippen LogP contribution in [0.15, 0.2) is 24.3 Å². The molecule has 3 heteroatoms. The fourth-order valence-electron chi connectivity index (χ4n) is 2.88. The summed E-state index contributed by atoms with van der Waals surface area (Å²) >= 11 is 0. The van der Waals surface area contributed by atoms with Crippen molar-refractivity contribution in [2.24, 2.45) is 5.92 Å². The Hall–Kier alpha value is -1.06. The van der Waals surface area contributed by atoms with Gasteiger partial charge in [-0.2, -0.15) is 0 Å². The molecule has 0 heterocycles. The summed E-state index contributed by atoms with van der Waals surface area (Å²) in [5.74, 6) is 1.27. The second-order valence-electron chi connectivity index (χ2n) is 5.34. The van der Waals surface area contributed by atoms with Crippen molar-refractivity contribution in [2.75, 3.05) is 34.9 Å². The van der Waals surface area contributed by atoms with Crippen LogP contribution in [0, 0.1) is 5.92 Å². The molecule has 0 saturated carbocycles. The summed E-state index contributed by atoms with van der Waals surface area (Å²) in [5, 5.41) is 0. The van der Waals surface area contributed by atoms with E-state index in [1.807, 2.05) is 12.1 Å². The Balaban J connectivity index is 3.16. The number of rotatable bonds is 7. The quantitative estimate of drug-likeness (QED) is 0.756. The third-order valence-electron chi connectivity index (χ3n) is 3.88. The van der Waals surface area contributed by atoms with Gasteiger partial charge in [0.2, 0.25) is 0 Å². The van der Waals surface area contributed by atoms with Gasteiger partial charge >= 0.3 is 0 Å². The van der Waals surface area contributed by atoms with E-state index in [1.54, 1.807) is 14.2 Å². The van der Waals surface area contributed by atoms with E-state index in [-0.39, 0.29) is 5.60 Å². The van der Waals surface area contributed by atoms with Crippen molar-refractivity contribution in [3.8, 4) is 5.75 Å². The van der Waals surface area contributed by atoms with Gasteiger partial charge in [-0.3, -0.25) is 0 Å². The molecule has 0 aliphatic rings. The maximum absolute atomic E-state index is 5.95. The molecule has 0 N–H and O–H groups in total. The Morgan fingerprint density at radius 3 is 2.42 bits per heavy atom. The number of hydrogen-bond acceptors (Lipinski definition) is 3. The molecule has 108 valence electrons. The predicted octanol–water partition coefficient (Wildman–Crippen LogP) is 3.14. The molecule has 0 fully saturated rings. The SMILES string of the molecule is CC[C@](OC)(c1cccc(OC)c1)[C@@H](C)CN(C)C. The molecule has 0 aromatic heterocycles. The maximum Gasteiger partial charge on any atom is 0.119 e.